The van der Waals surface area contributed by atoms with E-state index in [1.165, 1.54) is 24.3 Å². The third kappa shape index (κ3) is 5.41. The van der Waals surface area contributed by atoms with E-state index in [1.807, 2.05) is 0 Å². The van der Waals surface area contributed by atoms with Gasteiger partial charge in [0.25, 0.3) is 0 Å². The van der Waals surface area contributed by atoms with E-state index in [-0.39, 0.29) is 12.3 Å². The fourth-order valence-corrected chi connectivity index (χ4v) is 2.82. The lowest BCUT2D eigenvalue weighted by Crippen LogP contribution is -2.29. The molecule has 1 aromatic carbocycles. The van der Waals surface area contributed by atoms with Crippen LogP contribution in [-0.4, -0.2) is 32.4 Å². The molecule has 24 heavy (non-hydrogen) atoms. The van der Waals surface area contributed by atoms with Crippen molar-refractivity contribution in [1.82, 2.24) is 4.98 Å². The molecule has 0 amide bonds. The van der Waals surface area contributed by atoms with Gasteiger partial charge in [0.15, 0.2) is 6.61 Å². The molecule has 1 aromatic heterocycles. The average Bonchev–Trinajstić information content (AvgIpc) is 2.50. The lowest BCUT2D eigenvalue weighted by atomic mass is 10.2. The molecule has 0 spiro atoms. The molecule has 0 unspecified atom stereocenters. The number of halogens is 3. The number of hydrogen-bond donors (Lipinski definition) is 0. The first-order valence-electron chi connectivity index (χ1n) is 6.81. The molecule has 0 aliphatic rings. The van der Waals surface area contributed by atoms with Crippen LogP contribution in [0, 0.1) is 0 Å². The molecule has 0 radical (unpaired) electrons. The van der Waals surface area contributed by atoms with Crippen LogP contribution in [0.4, 0.5) is 18.9 Å². The van der Waals surface area contributed by atoms with Gasteiger partial charge in [0, 0.05) is 12.4 Å². The van der Waals surface area contributed by atoms with E-state index in [0.717, 1.165) is 10.6 Å². The van der Waals surface area contributed by atoms with Crippen LogP contribution in [0.5, 0.6) is 5.75 Å². The van der Waals surface area contributed by atoms with Crippen LogP contribution < -0.4 is 9.04 Å². The van der Waals surface area contributed by atoms with E-state index in [9.17, 15) is 21.6 Å². The Kier molecular flexibility index (Phi) is 5.33. The molecular formula is C15H15F3N2O3S. The molecule has 5 nitrogen and oxygen atoms in total. The predicted octanol–water partition coefficient (Wildman–Crippen LogP) is 2.99. The van der Waals surface area contributed by atoms with Gasteiger partial charge in [-0.25, -0.2) is 8.42 Å². The Hall–Kier alpha value is -2.29. The Balaban J connectivity index is 2.18. The molecule has 2 aromatic rings. The summed E-state index contributed by atoms with van der Waals surface area (Å²) in [7, 11) is -3.58. The first-order valence-corrected chi connectivity index (χ1v) is 8.66. The van der Waals surface area contributed by atoms with Gasteiger partial charge in [-0.15, -0.1) is 0 Å². The second kappa shape index (κ2) is 7.08. The van der Waals surface area contributed by atoms with E-state index in [2.05, 4.69) is 9.72 Å². The molecule has 0 atom stereocenters. The molecule has 2 rings (SSSR count). The summed E-state index contributed by atoms with van der Waals surface area (Å²) in [5.41, 5.74) is 1.00. The van der Waals surface area contributed by atoms with Crippen molar-refractivity contribution in [3.63, 3.8) is 0 Å². The summed E-state index contributed by atoms with van der Waals surface area (Å²) in [4.78, 5) is 3.93. The van der Waals surface area contributed by atoms with Gasteiger partial charge in [0.05, 0.1) is 18.5 Å². The molecule has 0 saturated heterocycles. The summed E-state index contributed by atoms with van der Waals surface area (Å²) in [5.74, 6) is 0.00547. The second-order valence-corrected chi connectivity index (χ2v) is 6.94. The van der Waals surface area contributed by atoms with Crippen molar-refractivity contribution in [3.8, 4) is 5.75 Å². The highest BCUT2D eigenvalue weighted by molar-refractivity contribution is 7.92. The van der Waals surface area contributed by atoms with Crippen molar-refractivity contribution >= 4 is 15.7 Å². The number of aromatic nitrogens is 1. The van der Waals surface area contributed by atoms with Crippen molar-refractivity contribution in [1.29, 1.82) is 0 Å². The third-order valence-electron chi connectivity index (χ3n) is 2.98. The van der Waals surface area contributed by atoms with Crippen LogP contribution in [0.3, 0.4) is 0 Å². The van der Waals surface area contributed by atoms with Crippen LogP contribution in [-0.2, 0) is 16.6 Å². The summed E-state index contributed by atoms with van der Waals surface area (Å²) in [6, 6.07) is 8.78. The first kappa shape index (κ1) is 18.1. The number of alkyl halides is 3. The van der Waals surface area contributed by atoms with Gasteiger partial charge < -0.3 is 4.74 Å². The summed E-state index contributed by atoms with van der Waals surface area (Å²) in [6.45, 7) is -1.34. The minimum atomic E-state index is -4.43. The number of pyridine rings is 1. The Morgan fingerprint density at radius 1 is 1.17 bits per heavy atom. The molecule has 0 bridgehead atoms. The molecule has 130 valence electrons. The summed E-state index contributed by atoms with van der Waals surface area (Å²) >= 11 is 0. The molecule has 0 fully saturated rings. The molecular weight excluding hydrogens is 345 g/mol. The molecule has 0 saturated carbocycles. The number of nitrogens with zero attached hydrogens (tertiary/aromatic N) is 2. The zero-order valence-electron chi connectivity index (χ0n) is 12.7. The second-order valence-electron chi connectivity index (χ2n) is 5.03. The zero-order chi connectivity index (χ0) is 17.8. The van der Waals surface area contributed by atoms with Crippen molar-refractivity contribution < 1.29 is 26.3 Å². The largest absolute Gasteiger partial charge is 0.484 e. The minimum Gasteiger partial charge on any atom is -0.484 e. The summed E-state index contributed by atoms with van der Waals surface area (Å²) in [6.07, 6.45) is -0.269. The maximum atomic E-state index is 12.1. The third-order valence-corrected chi connectivity index (χ3v) is 4.12. The van der Waals surface area contributed by atoms with E-state index in [0.29, 0.717) is 11.3 Å². The number of benzene rings is 1. The molecule has 1 heterocycles. The minimum absolute atomic E-state index is 0.00547. The maximum Gasteiger partial charge on any atom is 0.422 e. The molecule has 0 aliphatic heterocycles. The van der Waals surface area contributed by atoms with Crippen LogP contribution in [0.15, 0.2) is 48.8 Å². The number of ether oxygens (including phenoxy) is 1. The van der Waals surface area contributed by atoms with Crippen LogP contribution in [0.1, 0.15) is 5.56 Å². The van der Waals surface area contributed by atoms with Gasteiger partial charge in [-0.3, -0.25) is 9.29 Å². The van der Waals surface area contributed by atoms with Crippen molar-refractivity contribution in [3.05, 3.63) is 54.4 Å². The van der Waals surface area contributed by atoms with Crippen LogP contribution in [0.25, 0.3) is 0 Å². The normalized spacial score (nSPS) is 12.0. The maximum absolute atomic E-state index is 12.1. The fourth-order valence-electron chi connectivity index (χ4n) is 1.93. The van der Waals surface area contributed by atoms with E-state index in [4.69, 9.17) is 0 Å². The van der Waals surface area contributed by atoms with Crippen LogP contribution >= 0.6 is 0 Å². The predicted molar refractivity (Wildman–Crippen MR) is 83.3 cm³/mol. The SMILES string of the molecule is CS(=O)(=O)N(Cc1cccnc1)c1ccc(OCC(F)(F)F)cc1. The van der Waals surface area contributed by atoms with Gasteiger partial charge in [-0.2, -0.15) is 13.2 Å². The number of anilines is 1. The Labute approximate surface area is 137 Å². The summed E-state index contributed by atoms with van der Waals surface area (Å²) < 4.78 is 66.1. The van der Waals surface area contributed by atoms with Crippen LogP contribution in [0.2, 0.25) is 0 Å². The molecule has 0 aliphatic carbocycles. The Bertz CT molecular complexity index is 763. The standard InChI is InChI=1S/C15H15F3N2O3S/c1-24(21,22)20(10-12-3-2-8-19-9-12)13-4-6-14(7-5-13)23-11-15(16,17)18/h2-9H,10-11H2,1H3. The molecule has 9 heteroatoms. The van der Waals surface area contributed by atoms with Gasteiger partial charge >= 0.3 is 6.18 Å². The smallest absolute Gasteiger partial charge is 0.422 e. The molecule has 0 N–H and O–H groups in total. The van der Waals surface area contributed by atoms with Gasteiger partial charge in [-0.1, -0.05) is 6.07 Å². The van der Waals surface area contributed by atoms with E-state index >= 15 is 0 Å². The topological polar surface area (TPSA) is 59.5 Å². The Morgan fingerprint density at radius 2 is 1.83 bits per heavy atom. The fraction of sp³-hybridized carbons (Fsp3) is 0.267. The van der Waals surface area contributed by atoms with Gasteiger partial charge in [0.1, 0.15) is 5.75 Å². The van der Waals surface area contributed by atoms with Gasteiger partial charge in [0.2, 0.25) is 10.0 Å². The van der Waals surface area contributed by atoms with E-state index < -0.39 is 22.8 Å². The highest BCUT2D eigenvalue weighted by atomic mass is 32.2. The Morgan fingerprint density at radius 3 is 2.33 bits per heavy atom. The first-order chi connectivity index (χ1) is 11.1. The number of hydrogen-bond acceptors (Lipinski definition) is 4. The number of sulfonamides is 1. The highest BCUT2D eigenvalue weighted by Crippen LogP contribution is 2.25. The lowest BCUT2D eigenvalue weighted by Gasteiger charge is -2.22. The highest BCUT2D eigenvalue weighted by Gasteiger charge is 2.28. The average molecular weight is 360 g/mol. The van der Waals surface area contributed by atoms with Gasteiger partial charge in [-0.05, 0) is 35.9 Å². The lowest BCUT2D eigenvalue weighted by molar-refractivity contribution is -0.153. The zero-order valence-corrected chi connectivity index (χ0v) is 13.5. The summed E-state index contributed by atoms with van der Waals surface area (Å²) in [5, 5.41) is 0. The van der Waals surface area contributed by atoms with Crippen molar-refractivity contribution in [2.45, 2.75) is 12.7 Å². The number of rotatable bonds is 6. The quantitative estimate of drug-likeness (QED) is 0.795. The monoisotopic (exact) mass is 360 g/mol. The van der Waals surface area contributed by atoms with Crippen molar-refractivity contribution in [2.75, 3.05) is 17.2 Å². The van der Waals surface area contributed by atoms with Crippen molar-refractivity contribution in [2.24, 2.45) is 0 Å². The van der Waals surface area contributed by atoms with E-state index in [1.54, 1.807) is 24.5 Å².